The van der Waals surface area contributed by atoms with Crippen LogP contribution in [0, 0.1) is 28.0 Å². The average Bonchev–Trinajstić information content (AvgIpc) is 2.67. The van der Waals surface area contributed by atoms with Crippen LogP contribution in [0.1, 0.15) is 38.2 Å². The van der Waals surface area contributed by atoms with Crippen LogP contribution in [0.3, 0.4) is 0 Å². The predicted molar refractivity (Wildman–Crippen MR) is 114 cm³/mol. The maximum absolute atomic E-state index is 15.1. The van der Waals surface area contributed by atoms with E-state index >= 15 is 4.39 Å². The molecular weight excluding hydrogens is 423 g/mol. The number of guanidine groups is 1. The topological polar surface area (TPSA) is 124 Å². The Bertz CT molecular complexity index is 992. The van der Waals surface area contributed by atoms with Crippen LogP contribution >= 0.6 is 10.8 Å². The van der Waals surface area contributed by atoms with Gasteiger partial charge in [0.05, 0.1) is 30.8 Å². The number of nitrogens with two attached hydrogens (primary N) is 1. The first kappa shape index (κ1) is 20.8. The van der Waals surface area contributed by atoms with Crippen LogP contribution < -0.4 is 10.5 Å². The molecule has 10 heteroatoms. The van der Waals surface area contributed by atoms with Gasteiger partial charge in [0, 0.05) is 18.0 Å². The molecule has 0 amide bonds. The molecule has 5 aliphatic rings. The van der Waals surface area contributed by atoms with Crippen LogP contribution in [0.5, 0.6) is 5.75 Å². The Morgan fingerprint density at radius 2 is 2.13 bits per heavy atom. The second-order valence-corrected chi connectivity index (χ2v) is 11.9. The van der Waals surface area contributed by atoms with Crippen molar-refractivity contribution in [1.82, 2.24) is 4.31 Å². The summed E-state index contributed by atoms with van der Waals surface area (Å²) in [6.45, 7) is 2.29. The summed E-state index contributed by atoms with van der Waals surface area (Å²) in [4.78, 5) is 4.55. The van der Waals surface area contributed by atoms with Crippen molar-refractivity contribution in [1.29, 1.82) is 5.26 Å². The zero-order valence-corrected chi connectivity index (χ0v) is 18.4. The van der Waals surface area contributed by atoms with Gasteiger partial charge < -0.3 is 15.2 Å². The Balaban J connectivity index is 1.48. The van der Waals surface area contributed by atoms with Crippen molar-refractivity contribution in [2.45, 2.75) is 49.5 Å². The lowest BCUT2D eigenvalue weighted by Crippen LogP contribution is -2.63. The molecule has 1 aromatic rings. The van der Waals surface area contributed by atoms with Crippen molar-refractivity contribution in [3.8, 4) is 11.8 Å². The lowest BCUT2D eigenvalue weighted by atomic mass is 9.36. The van der Waals surface area contributed by atoms with Crippen LogP contribution in [-0.4, -0.2) is 51.0 Å². The molecule has 3 aliphatic carbocycles. The molecule has 3 saturated carbocycles. The Morgan fingerprint density at radius 1 is 1.42 bits per heavy atom. The molecular formula is C21H27FN4O4S. The van der Waals surface area contributed by atoms with E-state index in [0.717, 1.165) is 19.3 Å². The van der Waals surface area contributed by atoms with E-state index in [-0.39, 0.29) is 35.1 Å². The zero-order chi connectivity index (χ0) is 22.2. The second kappa shape index (κ2) is 6.48. The number of nitriles is 1. The molecule has 1 saturated heterocycles. The van der Waals surface area contributed by atoms with Gasteiger partial charge in [0.25, 0.3) is 0 Å². The molecule has 0 radical (unpaired) electrons. The fourth-order valence-electron chi connectivity index (χ4n) is 5.77. The van der Waals surface area contributed by atoms with Gasteiger partial charge in [0.15, 0.2) is 0 Å². The van der Waals surface area contributed by atoms with E-state index in [9.17, 15) is 14.4 Å². The van der Waals surface area contributed by atoms with Gasteiger partial charge in [-0.05, 0) is 50.8 Å². The summed E-state index contributed by atoms with van der Waals surface area (Å²) in [5.41, 5.74) is 4.73. The number of benzene rings is 1. The van der Waals surface area contributed by atoms with Gasteiger partial charge in [-0.2, -0.15) is 5.26 Å². The maximum Gasteiger partial charge on any atom is 0.210 e. The van der Waals surface area contributed by atoms with Crippen molar-refractivity contribution in [2.75, 3.05) is 20.3 Å². The SMILES string of the molecule is C[C@H]1C[C@@H]2[C@](c3cc(OCC45CC(C#N)(C4)C5)ccc3F)(CO1)N=C(N)N(C)S2(O)O. The van der Waals surface area contributed by atoms with Crippen LogP contribution in [0.25, 0.3) is 0 Å². The molecule has 168 valence electrons. The summed E-state index contributed by atoms with van der Waals surface area (Å²) in [6.07, 6.45) is 2.60. The highest BCUT2D eigenvalue weighted by atomic mass is 32.3. The van der Waals surface area contributed by atoms with E-state index in [1.54, 1.807) is 12.1 Å². The molecule has 2 aliphatic heterocycles. The molecule has 8 nitrogen and oxygen atoms in total. The predicted octanol–water partition coefficient (Wildman–Crippen LogP) is 3.20. The third-order valence-corrected chi connectivity index (χ3v) is 9.75. The largest absolute Gasteiger partial charge is 0.493 e. The smallest absolute Gasteiger partial charge is 0.210 e. The number of fused-ring (bicyclic) bond motifs is 1. The molecule has 31 heavy (non-hydrogen) atoms. The molecule has 4 N–H and O–H groups in total. The first-order chi connectivity index (χ1) is 14.5. The molecule has 3 atom stereocenters. The first-order valence-corrected chi connectivity index (χ1v) is 11.9. The molecule has 4 fully saturated rings. The number of rotatable bonds is 4. The lowest BCUT2D eigenvalue weighted by Gasteiger charge is -2.66. The number of aliphatic imine (C=N–C) groups is 1. The minimum atomic E-state index is -3.35. The van der Waals surface area contributed by atoms with Gasteiger partial charge in [0.1, 0.15) is 22.4 Å². The molecule has 2 bridgehead atoms. The van der Waals surface area contributed by atoms with E-state index in [1.165, 1.54) is 17.4 Å². The third kappa shape index (κ3) is 2.87. The number of hydrogen-bond donors (Lipinski definition) is 3. The van der Waals surface area contributed by atoms with E-state index in [0.29, 0.717) is 18.8 Å². The molecule has 6 rings (SSSR count). The quantitative estimate of drug-likeness (QED) is 0.643. The second-order valence-electron chi connectivity index (χ2n) is 9.65. The van der Waals surface area contributed by atoms with Gasteiger partial charge >= 0.3 is 0 Å². The minimum Gasteiger partial charge on any atom is -0.493 e. The Labute approximate surface area is 182 Å². The van der Waals surface area contributed by atoms with Crippen LogP contribution in [0.4, 0.5) is 4.39 Å². The van der Waals surface area contributed by atoms with E-state index in [1.807, 2.05) is 6.92 Å². The van der Waals surface area contributed by atoms with Crippen molar-refractivity contribution >= 4 is 16.7 Å². The highest BCUT2D eigenvalue weighted by Gasteiger charge is 2.68. The Hall–Kier alpha value is -2.06. The number of halogens is 1. The Morgan fingerprint density at radius 3 is 2.81 bits per heavy atom. The van der Waals surface area contributed by atoms with Crippen molar-refractivity contribution < 1.29 is 23.0 Å². The maximum atomic E-state index is 15.1. The fourth-order valence-corrected chi connectivity index (χ4v) is 7.77. The molecule has 0 aromatic heterocycles. The lowest BCUT2D eigenvalue weighted by molar-refractivity contribution is -0.181. The summed E-state index contributed by atoms with van der Waals surface area (Å²) in [7, 11) is -1.88. The van der Waals surface area contributed by atoms with Crippen LogP contribution in [0.15, 0.2) is 23.2 Å². The van der Waals surface area contributed by atoms with Crippen molar-refractivity contribution in [3.05, 3.63) is 29.6 Å². The average molecular weight is 451 g/mol. The number of hydrogen-bond acceptors (Lipinski definition) is 8. The molecule has 0 unspecified atom stereocenters. The third-order valence-electron chi connectivity index (χ3n) is 7.41. The number of ether oxygens (including phenoxy) is 2. The molecule has 2 heterocycles. The van der Waals surface area contributed by atoms with Crippen LogP contribution in [-0.2, 0) is 10.3 Å². The molecule has 0 spiro atoms. The standard InChI is InChI=1S/C21H27FN4O4S/c1-13-5-17-21(12-29-13,25-18(24)26(2)31(17,27)28)15-6-14(3-4-16(15)22)30-11-20-7-19(8-20,9-20)10-23/h3-4,6,13,17,27-28H,5,7-9,11-12H2,1-2H3,(H2,24,25)/t13-,17+,19?,20?,21+/m0/s1. The van der Waals surface area contributed by atoms with E-state index < -0.39 is 27.4 Å². The summed E-state index contributed by atoms with van der Waals surface area (Å²) in [6, 6.07) is 6.82. The first-order valence-electron chi connectivity index (χ1n) is 10.4. The van der Waals surface area contributed by atoms with Gasteiger partial charge in [-0.15, -0.1) is 10.8 Å². The molecule has 1 aromatic carbocycles. The highest BCUT2D eigenvalue weighted by molar-refractivity contribution is 8.23. The van der Waals surface area contributed by atoms with Crippen molar-refractivity contribution in [2.24, 2.45) is 21.6 Å². The van der Waals surface area contributed by atoms with E-state index in [4.69, 9.17) is 15.2 Å². The summed E-state index contributed by atoms with van der Waals surface area (Å²) in [5.74, 6) is -0.125. The van der Waals surface area contributed by atoms with Gasteiger partial charge in [-0.1, -0.05) is 0 Å². The zero-order valence-electron chi connectivity index (χ0n) is 17.5. The minimum absolute atomic E-state index is 0.0156. The summed E-state index contributed by atoms with van der Waals surface area (Å²) >= 11 is 0. The normalized spacial score (nSPS) is 41.0. The fraction of sp³-hybridized carbons (Fsp3) is 0.619. The highest BCUT2D eigenvalue weighted by Crippen LogP contribution is 2.73. The van der Waals surface area contributed by atoms with Gasteiger partial charge in [0.2, 0.25) is 5.96 Å². The van der Waals surface area contributed by atoms with Crippen LogP contribution in [0.2, 0.25) is 0 Å². The summed E-state index contributed by atoms with van der Waals surface area (Å²) in [5, 5.41) is 8.42. The van der Waals surface area contributed by atoms with Crippen molar-refractivity contribution in [3.63, 3.8) is 0 Å². The Kier molecular flexibility index (Phi) is 4.35. The summed E-state index contributed by atoms with van der Waals surface area (Å²) < 4.78 is 50.1. The van der Waals surface area contributed by atoms with Gasteiger partial charge in [-0.3, -0.25) is 9.11 Å². The van der Waals surface area contributed by atoms with E-state index in [2.05, 4.69) is 11.1 Å². The number of nitrogens with zero attached hydrogens (tertiary/aromatic N) is 3. The van der Waals surface area contributed by atoms with Gasteiger partial charge in [-0.25, -0.2) is 13.7 Å². The monoisotopic (exact) mass is 450 g/mol.